The largest absolute Gasteiger partial charge is 0.342 e. The van der Waals surface area contributed by atoms with Crippen molar-refractivity contribution in [2.24, 2.45) is 5.92 Å². The summed E-state index contributed by atoms with van der Waals surface area (Å²) in [7, 11) is 0. The van der Waals surface area contributed by atoms with Gasteiger partial charge in [0.1, 0.15) is 0 Å². The van der Waals surface area contributed by atoms with E-state index in [1.54, 1.807) is 0 Å². The van der Waals surface area contributed by atoms with Gasteiger partial charge in [0.05, 0.1) is 0 Å². The Morgan fingerprint density at radius 3 is 2.56 bits per heavy atom. The molecule has 1 fully saturated rings. The maximum Gasteiger partial charge on any atom is 0.222 e. The fraction of sp³-hybridized carbons (Fsp3) is 0.923. The molecule has 0 radical (unpaired) electrons. The van der Waals surface area contributed by atoms with Crippen LogP contribution in [0, 0.1) is 5.92 Å². The van der Waals surface area contributed by atoms with Crippen LogP contribution in [-0.4, -0.2) is 29.2 Å². The number of hydrogen-bond donors (Lipinski definition) is 0. The highest BCUT2D eigenvalue weighted by molar-refractivity contribution is 9.09. The third-order valence-corrected chi connectivity index (χ3v) is 3.78. The Morgan fingerprint density at radius 1 is 1.31 bits per heavy atom. The smallest absolute Gasteiger partial charge is 0.222 e. The van der Waals surface area contributed by atoms with Gasteiger partial charge in [0.2, 0.25) is 5.91 Å². The molecular formula is C13H24BrNO. The number of alkyl halides is 1. The van der Waals surface area contributed by atoms with Gasteiger partial charge in [0.25, 0.3) is 0 Å². The summed E-state index contributed by atoms with van der Waals surface area (Å²) in [4.78, 5) is 14.1. The van der Waals surface area contributed by atoms with Crippen molar-refractivity contribution in [3.63, 3.8) is 0 Å². The number of nitrogens with zero attached hydrogens (tertiary/aromatic N) is 1. The van der Waals surface area contributed by atoms with E-state index >= 15 is 0 Å². The first-order valence-corrected chi connectivity index (χ1v) is 7.73. The van der Waals surface area contributed by atoms with Crippen molar-refractivity contribution in [3.05, 3.63) is 0 Å². The maximum atomic E-state index is 12.1. The molecule has 0 unspecified atom stereocenters. The van der Waals surface area contributed by atoms with Crippen LogP contribution < -0.4 is 0 Å². The Bertz CT molecular complexity index is 202. The van der Waals surface area contributed by atoms with Gasteiger partial charge in [-0.3, -0.25) is 4.79 Å². The van der Waals surface area contributed by atoms with E-state index in [0.717, 1.165) is 37.7 Å². The molecule has 0 aromatic heterocycles. The second-order valence-corrected chi connectivity index (χ2v) is 5.57. The molecule has 0 aromatic carbocycles. The molecule has 1 saturated carbocycles. The lowest BCUT2D eigenvalue weighted by Crippen LogP contribution is -2.34. The van der Waals surface area contributed by atoms with Crippen molar-refractivity contribution < 1.29 is 4.79 Å². The molecule has 1 rings (SSSR count). The predicted molar refractivity (Wildman–Crippen MR) is 71.9 cm³/mol. The van der Waals surface area contributed by atoms with Crippen LogP contribution in [0.4, 0.5) is 0 Å². The van der Waals surface area contributed by atoms with Crippen molar-refractivity contribution >= 4 is 21.8 Å². The number of carbonyl (C=O) groups is 1. The molecule has 0 N–H and O–H groups in total. The zero-order valence-corrected chi connectivity index (χ0v) is 12.0. The normalized spacial score (nSPS) is 16.6. The van der Waals surface area contributed by atoms with Gasteiger partial charge in [0, 0.05) is 24.8 Å². The molecule has 0 spiro atoms. The average molecular weight is 290 g/mol. The lowest BCUT2D eigenvalue weighted by Gasteiger charge is -2.23. The second-order valence-electron chi connectivity index (χ2n) is 4.78. The minimum absolute atomic E-state index is 0.375. The highest BCUT2D eigenvalue weighted by atomic mass is 79.9. The molecule has 94 valence electrons. The van der Waals surface area contributed by atoms with E-state index in [4.69, 9.17) is 0 Å². The van der Waals surface area contributed by atoms with E-state index in [9.17, 15) is 4.79 Å². The monoisotopic (exact) mass is 289 g/mol. The molecule has 0 atom stereocenters. The lowest BCUT2D eigenvalue weighted by atomic mass is 10.0. The maximum absolute atomic E-state index is 12.1. The number of rotatable bonds is 7. The number of hydrogen-bond acceptors (Lipinski definition) is 1. The summed E-state index contributed by atoms with van der Waals surface area (Å²) in [6, 6.07) is 0. The van der Waals surface area contributed by atoms with Gasteiger partial charge in [-0.25, -0.2) is 0 Å². The van der Waals surface area contributed by atoms with Gasteiger partial charge in [-0.1, -0.05) is 42.1 Å². The quantitative estimate of drug-likeness (QED) is 0.656. The van der Waals surface area contributed by atoms with E-state index in [0.29, 0.717) is 11.8 Å². The fourth-order valence-corrected chi connectivity index (χ4v) is 2.83. The van der Waals surface area contributed by atoms with Crippen LogP contribution in [0.5, 0.6) is 0 Å². The third-order valence-electron chi connectivity index (χ3n) is 3.43. The molecule has 0 bridgehead atoms. The zero-order valence-electron chi connectivity index (χ0n) is 10.4. The van der Waals surface area contributed by atoms with Gasteiger partial charge in [-0.05, 0) is 25.2 Å². The first kappa shape index (κ1) is 14.0. The van der Waals surface area contributed by atoms with Crippen molar-refractivity contribution in [2.75, 3.05) is 18.4 Å². The molecule has 1 amide bonds. The molecule has 0 heterocycles. The summed E-state index contributed by atoms with van der Waals surface area (Å²) >= 11 is 3.43. The van der Waals surface area contributed by atoms with Crippen molar-refractivity contribution in [2.45, 2.75) is 51.9 Å². The molecular weight excluding hydrogens is 266 g/mol. The van der Waals surface area contributed by atoms with Crippen molar-refractivity contribution in [1.29, 1.82) is 0 Å². The standard InChI is InChI=1S/C13H24BrNO/c1-2-3-9-15(10-8-14)13(16)11-12-6-4-5-7-12/h12H,2-11H2,1H3. The lowest BCUT2D eigenvalue weighted by molar-refractivity contribution is -0.132. The highest BCUT2D eigenvalue weighted by Crippen LogP contribution is 2.28. The second kappa shape index (κ2) is 8.10. The summed E-state index contributed by atoms with van der Waals surface area (Å²) in [5.41, 5.74) is 0. The first-order valence-electron chi connectivity index (χ1n) is 6.61. The highest BCUT2D eigenvalue weighted by Gasteiger charge is 2.21. The molecule has 1 aliphatic carbocycles. The molecule has 0 aliphatic heterocycles. The molecule has 3 heteroatoms. The Hall–Kier alpha value is -0.0500. The molecule has 2 nitrogen and oxygen atoms in total. The van der Waals surface area contributed by atoms with Gasteiger partial charge < -0.3 is 4.90 Å². The Kier molecular flexibility index (Phi) is 7.10. The van der Waals surface area contributed by atoms with Crippen LogP contribution >= 0.6 is 15.9 Å². The summed E-state index contributed by atoms with van der Waals surface area (Å²) in [5, 5.41) is 0.896. The van der Waals surface area contributed by atoms with E-state index in [2.05, 4.69) is 22.9 Å². The average Bonchev–Trinajstić information content (AvgIpc) is 2.76. The summed E-state index contributed by atoms with van der Waals surface area (Å²) < 4.78 is 0. The van der Waals surface area contributed by atoms with Crippen LogP contribution in [0.15, 0.2) is 0 Å². The number of halogens is 1. The van der Waals surface area contributed by atoms with E-state index < -0.39 is 0 Å². The van der Waals surface area contributed by atoms with Crippen molar-refractivity contribution in [3.8, 4) is 0 Å². The fourth-order valence-electron chi connectivity index (χ4n) is 2.40. The number of amides is 1. The predicted octanol–water partition coefficient (Wildman–Crippen LogP) is 3.59. The van der Waals surface area contributed by atoms with E-state index in [-0.39, 0.29) is 0 Å². The van der Waals surface area contributed by atoms with E-state index in [1.807, 2.05) is 4.90 Å². The van der Waals surface area contributed by atoms with Crippen LogP contribution in [0.1, 0.15) is 51.9 Å². The van der Waals surface area contributed by atoms with Gasteiger partial charge in [-0.15, -0.1) is 0 Å². The van der Waals surface area contributed by atoms with Gasteiger partial charge >= 0.3 is 0 Å². The first-order chi connectivity index (χ1) is 7.77. The SMILES string of the molecule is CCCCN(CCBr)C(=O)CC1CCCC1. The third kappa shape index (κ3) is 4.86. The van der Waals surface area contributed by atoms with E-state index in [1.165, 1.54) is 25.7 Å². The Labute approximate surface area is 108 Å². The van der Waals surface area contributed by atoms with Crippen molar-refractivity contribution in [1.82, 2.24) is 4.90 Å². The molecule has 0 saturated heterocycles. The topological polar surface area (TPSA) is 20.3 Å². The van der Waals surface area contributed by atoms with Crippen LogP contribution in [0.3, 0.4) is 0 Å². The summed E-state index contributed by atoms with van der Waals surface area (Å²) in [6.45, 7) is 3.98. The van der Waals surface area contributed by atoms with Crippen LogP contribution in [0.2, 0.25) is 0 Å². The zero-order chi connectivity index (χ0) is 11.8. The number of carbonyl (C=O) groups excluding carboxylic acids is 1. The molecule has 0 aromatic rings. The summed E-state index contributed by atoms with van der Waals surface area (Å²) in [5.74, 6) is 1.05. The Morgan fingerprint density at radius 2 is 2.00 bits per heavy atom. The van der Waals surface area contributed by atoms with Crippen LogP contribution in [-0.2, 0) is 4.79 Å². The van der Waals surface area contributed by atoms with Gasteiger partial charge in [0.15, 0.2) is 0 Å². The van der Waals surface area contributed by atoms with Gasteiger partial charge in [-0.2, -0.15) is 0 Å². The minimum Gasteiger partial charge on any atom is -0.342 e. The summed E-state index contributed by atoms with van der Waals surface area (Å²) in [6.07, 6.45) is 8.26. The Balaban J connectivity index is 2.32. The minimum atomic E-state index is 0.375. The molecule has 1 aliphatic rings. The van der Waals surface area contributed by atoms with Crippen LogP contribution in [0.25, 0.3) is 0 Å². The molecule has 16 heavy (non-hydrogen) atoms. The number of unbranched alkanes of at least 4 members (excludes halogenated alkanes) is 1.